The molecule has 0 saturated heterocycles. The lowest BCUT2D eigenvalue weighted by Gasteiger charge is -2.09. The van der Waals surface area contributed by atoms with Crippen LogP contribution < -0.4 is 9.47 Å². The van der Waals surface area contributed by atoms with Crippen LogP contribution in [0.4, 0.5) is 0 Å². The van der Waals surface area contributed by atoms with Gasteiger partial charge in [0.1, 0.15) is 24.7 Å². The van der Waals surface area contributed by atoms with Crippen LogP contribution in [0.25, 0.3) is 0 Å². The van der Waals surface area contributed by atoms with Crippen molar-refractivity contribution in [2.24, 2.45) is 0 Å². The topological polar surface area (TPSA) is 18.5 Å². The van der Waals surface area contributed by atoms with E-state index in [0.29, 0.717) is 29.0 Å². The average molecular weight is 362 g/mol. The molecule has 0 fully saturated rings. The van der Waals surface area contributed by atoms with E-state index in [4.69, 9.17) is 32.7 Å². The van der Waals surface area contributed by atoms with Crippen molar-refractivity contribution in [1.82, 2.24) is 0 Å². The molecule has 0 aliphatic carbocycles. The Bertz CT molecular complexity index is 561. The van der Waals surface area contributed by atoms with Crippen LogP contribution in [-0.2, 0) is 0 Å². The van der Waals surface area contributed by atoms with E-state index in [-0.39, 0.29) is 0 Å². The molecule has 0 amide bonds. The van der Waals surface area contributed by atoms with E-state index in [1.807, 2.05) is 24.3 Å². The molecule has 19 heavy (non-hydrogen) atoms. The molecule has 0 aliphatic heterocycles. The maximum absolute atomic E-state index is 5.89. The fourth-order valence-corrected chi connectivity index (χ4v) is 2.11. The van der Waals surface area contributed by atoms with Crippen LogP contribution in [0, 0.1) is 0 Å². The Morgan fingerprint density at radius 1 is 0.842 bits per heavy atom. The molecule has 0 aromatic heterocycles. The van der Waals surface area contributed by atoms with Crippen LogP contribution >= 0.6 is 39.1 Å². The number of halogens is 3. The van der Waals surface area contributed by atoms with Gasteiger partial charge in [-0.3, -0.25) is 0 Å². The Balaban J connectivity index is 1.79. The largest absolute Gasteiger partial charge is 0.490 e. The van der Waals surface area contributed by atoms with Gasteiger partial charge in [0.25, 0.3) is 0 Å². The van der Waals surface area contributed by atoms with Gasteiger partial charge in [0, 0.05) is 10.5 Å². The quantitative estimate of drug-likeness (QED) is 0.680. The number of rotatable bonds is 5. The van der Waals surface area contributed by atoms with Crippen molar-refractivity contribution in [3.8, 4) is 11.5 Å². The maximum atomic E-state index is 5.89. The summed E-state index contributed by atoms with van der Waals surface area (Å²) in [6.07, 6.45) is 0. The van der Waals surface area contributed by atoms with E-state index < -0.39 is 0 Å². The molecule has 0 bridgehead atoms. The first-order valence-electron chi connectivity index (χ1n) is 5.61. The molecule has 2 aromatic carbocycles. The highest BCUT2D eigenvalue weighted by molar-refractivity contribution is 9.10. The molecule has 2 nitrogen and oxygen atoms in total. The summed E-state index contributed by atoms with van der Waals surface area (Å²) in [6, 6.07) is 12.8. The highest BCUT2D eigenvalue weighted by Crippen LogP contribution is 2.26. The van der Waals surface area contributed by atoms with Crippen LogP contribution in [-0.4, -0.2) is 13.2 Å². The zero-order valence-electron chi connectivity index (χ0n) is 9.91. The zero-order valence-corrected chi connectivity index (χ0v) is 13.0. The number of ether oxygens (including phenoxy) is 2. The van der Waals surface area contributed by atoms with E-state index in [0.717, 1.165) is 10.2 Å². The highest BCUT2D eigenvalue weighted by atomic mass is 79.9. The molecule has 0 saturated carbocycles. The standard InChI is InChI=1S/C14H11BrCl2O2/c15-10-2-1-3-11(8-10)18-6-7-19-12-4-5-13(16)14(17)9-12/h1-5,8-9H,6-7H2. The van der Waals surface area contributed by atoms with Gasteiger partial charge in [-0.25, -0.2) is 0 Å². The second-order valence-electron chi connectivity index (χ2n) is 3.73. The van der Waals surface area contributed by atoms with Crippen LogP contribution in [0.2, 0.25) is 10.0 Å². The summed E-state index contributed by atoms with van der Waals surface area (Å²) >= 11 is 15.1. The van der Waals surface area contributed by atoms with Crippen molar-refractivity contribution in [2.45, 2.75) is 0 Å². The Labute approximate surface area is 130 Å². The molecule has 100 valence electrons. The molecule has 2 rings (SSSR count). The fraction of sp³-hybridized carbons (Fsp3) is 0.143. The molecule has 0 spiro atoms. The van der Waals surface area contributed by atoms with E-state index in [9.17, 15) is 0 Å². The first-order chi connectivity index (χ1) is 9.15. The van der Waals surface area contributed by atoms with Gasteiger partial charge in [0.2, 0.25) is 0 Å². The second kappa shape index (κ2) is 7.04. The molecule has 0 radical (unpaired) electrons. The zero-order chi connectivity index (χ0) is 13.7. The van der Waals surface area contributed by atoms with Crippen LogP contribution in [0.1, 0.15) is 0 Å². The molecule has 5 heteroatoms. The van der Waals surface area contributed by atoms with Crippen molar-refractivity contribution in [2.75, 3.05) is 13.2 Å². The summed E-state index contributed by atoms with van der Waals surface area (Å²) in [5, 5.41) is 0.992. The lowest BCUT2D eigenvalue weighted by molar-refractivity contribution is 0.217. The number of hydrogen-bond donors (Lipinski definition) is 0. The highest BCUT2D eigenvalue weighted by Gasteiger charge is 2.00. The summed E-state index contributed by atoms with van der Waals surface area (Å²) in [4.78, 5) is 0. The van der Waals surface area contributed by atoms with E-state index in [2.05, 4.69) is 15.9 Å². The molecule has 2 aromatic rings. The third kappa shape index (κ3) is 4.60. The Morgan fingerprint density at radius 3 is 2.16 bits per heavy atom. The number of hydrogen-bond acceptors (Lipinski definition) is 2. The molecular weight excluding hydrogens is 351 g/mol. The predicted molar refractivity (Wildman–Crippen MR) is 81.6 cm³/mol. The van der Waals surface area contributed by atoms with Gasteiger partial charge in [-0.15, -0.1) is 0 Å². The lowest BCUT2D eigenvalue weighted by Crippen LogP contribution is -2.08. The molecule has 0 heterocycles. The first-order valence-corrected chi connectivity index (χ1v) is 7.16. The van der Waals surface area contributed by atoms with Gasteiger partial charge in [0.05, 0.1) is 10.0 Å². The minimum atomic E-state index is 0.435. The summed E-state index contributed by atoms with van der Waals surface area (Å²) in [5.41, 5.74) is 0. The van der Waals surface area contributed by atoms with Crippen molar-refractivity contribution in [3.63, 3.8) is 0 Å². The molecular formula is C14H11BrCl2O2. The summed E-state index contributed by atoms with van der Waals surface area (Å²) in [7, 11) is 0. The molecule has 0 aliphatic rings. The first kappa shape index (κ1) is 14.5. The van der Waals surface area contributed by atoms with Gasteiger partial charge in [-0.2, -0.15) is 0 Å². The minimum absolute atomic E-state index is 0.435. The summed E-state index contributed by atoms with van der Waals surface area (Å²) < 4.78 is 12.0. The van der Waals surface area contributed by atoms with Gasteiger partial charge in [-0.1, -0.05) is 45.2 Å². The second-order valence-corrected chi connectivity index (χ2v) is 5.46. The van der Waals surface area contributed by atoms with Gasteiger partial charge < -0.3 is 9.47 Å². The third-order valence-corrected chi connectivity index (χ3v) is 3.54. The Morgan fingerprint density at radius 2 is 1.53 bits per heavy atom. The fourth-order valence-electron chi connectivity index (χ4n) is 1.44. The lowest BCUT2D eigenvalue weighted by atomic mass is 10.3. The number of benzene rings is 2. The van der Waals surface area contributed by atoms with E-state index in [1.54, 1.807) is 18.2 Å². The minimum Gasteiger partial charge on any atom is -0.490 e. The predicted octanol–water partition coefficient (Wildman–Crippen LogP) is 5.21. The SMILES string of the molecule is Clc1ccc(OCCOc2cccc(Br)c2)cc1Cl. The monoisotopic (exact) mass is 360 g/mol. The summed E-state index contributed by atoms with van der Waals surface area (Å²) in [6.45, 7) is 0.890. The van der Waals surface area contributed by atoms with Crippen LogP contribution in [0.15, 0.2) is 46.9 Å². The third-order valence-electron chi connectivity index (χ3n) is 2.31. The van der Waals surface area contributed by atoms with Crippen molar-refractivity contribution < 1.29 is 9.47 Å². The molecule has 0 atom stereocenters. The van der Waals surface area contributed by atoms with Crippen LogP contribution in [0.5, 0.6) is 11.5 Å². The smallest absolute Gasteiger partial charge is 0.122 e. The van der Waals surface area contributed by atoms with Crippen molar-refractivity contribution in [1.29, 1.82) is 0 Å². The maximum Gasteiger partial charge on any atom is 0.122 e. The van der Waals surface area contributed by atoms with Gasteiger partial charge in [0.15, 0.2) is 0 Å². The average Bonchev–Trinajstić information content (AvgIpc) is 2.39. The normalized spacial score (nSPS) is 10.3. The van der Waals surface area contributed by atoms with E-state index >= 15 is 0 Å². The van der Waals surface area contributed by atoms with Gasteiger partial charge >= 0.3 is 0 Å². The summed E-state index contributed by atoms with van der Waals surface area (Å²) in [5.74, 6) is 1.47. The van der Waals surface area contributed by atoms with Gasteiger partial charge in [-0.05, 0) is 30.3 Å². The van der Waals surface area contributed by atoms with Crippen molar-refractivity contribution >= 4 is 39.1 Å². The van der Waals surface area contributed by atoms with Crippen LogP contribution in [0.3, 0.4) is 0 Å². The Hall–Kier alpha value is -0.900. The molecule has 0 N–H and O–H groups in total. The van der Waals surface area contributed by atoms with E-state index in [1.165, 1.54) is 0 Å². The molecule has 0 unspecified atom stereocenters. The Kier molecular flexibility index (Phi) is 5.37. The van der Waals surface area contributed by atoms with Crippen molar-refractivity contribution in [3.05, 3.63) is 57.0 Å².